The van der Waals surface area contributed by atoms with Crippen molar-refractivity contribution in [3.63, 3.8) is 0 Å². The van der Waals surface area contributed by atoms with Gasteiger partial charge in [0, 0.05) is 43.0 Å². The molecule has 0 spiro atoms. The molecule has 0 fully saturated rings. The number of nitrogens with two attached hydrogens (primary N) is 1. The van der Waals surface area contributed by atoms with E-state index in [2.05, 4.69) is 55.3 Å². The van der Waals surface area contributed by atoms with Gasteiger partial charge in [-0.05, 0) is 49.1 Å². The summed E-state index contributed by atoms with van der Waals surface area (Å²) in [5, 5.41) is 3.67. The molecular weight excluding hydrogens is 320 g/mol. The summed E-state index contributed by atoms with van der Waals surface area (Å²) >= 11 is 0. The quantitative estimate of drug-likeness (QED) is 0.640. The van der Waals surface area contributed by atoms with Crippen LogP contribution in [0.4, 0.5) is 0 Å². The van der Waals surface area contributed by atoms with E-state index >= 15 is 0 Å². The van der Waals surface area contributed by atoms with E-state index in [1.807, 2.05) is 12.3 Å². The van der Waals surface area contributed by atoms with Gasteiger partial charge in [0.15, 0.2) is 0 Å². The molecule has 0 aliphatic heterocycles. The number of hydrogen-bond donors (Lipinski definition) is 2. The van der Waals surface area contributed by atoms with Gasteiger partial charge in [-0.15, -0.1) is 0 Å². The number of nitrogens with zero attached hydrogens (tertiary/aromatic N) is 2. The van der Waals surface area contributed by atoms with E-state index in [9.17, 15) is 0 Å². The van der Waals surface area contributed by atoms with Crippen LogP contribution in [0.3, 0.4) is 0 Å². The second-order valence-corrected chi connectivity index (χ2v) is 7.12. The van der Waals surface area contributed by atoms with Crippen LogP contribution >= 0.6 is 0 Å². The maximum atomic E-state index is 5.63. The van der Waals surface area contributed by atoms with Crippen molar-refractivity contribution >= 4 is 0 Å². The lowest BCUT2D eigenvalue weighted by molar-refractivity contribution is 0.464. The summed E-state index contributed by atoms with van der Waals surface area (Å²) in [6.45, 7) is 8.13. The average molecular weight is 355 g/mol. The molecule has 2 atom stereocenters. The first kappa shape index (κ1) is 20.5. The molecule has 4 nitrogen and oxygen atoms in total. The molecule has 4 heteroatoms. The Morgan fingerprint density at radius 1 is 1.08 bits per heavy atom. The maximum absolute atomic E-state index is 5.63. The van der Waals surface area contributed by atoms with Gasteiger partial charge in [0.1, 0.15) is 0 Å². The fraction of sp³-hybridized carbons (Fsp3) is 0.545. The minimum atomic E-state index is 0.418. The van der Waals surface area contributed by atoms with Gasteiger partial charge in [-0.2, -0.15) is 0 Å². The Morgan fingerprint density at radius 2 is 1.88 bits per heavy atom. The molecule has 0 amide bonds. The third kappa shape index (κ3) is 6.50. The molecule has 0 radical (unpaired) electrons. The Kier molecular flexibility index (Phi) is 8.72. The molecule has 0 saturated carbocycles. The van der Waals surface area contributed by atoms with Crippen molar-refractivity contribution in [2.45, 2.75) is 71.4 Å². The Bertz CT molecular complexity index is 639. The van der Waals surface area contributed by atoms with Crippen LogP contribution in [0.15, 0.2) is 36.5 Å². The van der Waals surface area contributed by atoms with Crippen LogP contribution in [0.25, 0.3) is 0 Å². The second-order valence-electron chi connectivity index (χ2n) is 7.12. The molecule has 0 aromatic carbocycles. The first-order valence-corrected chi connectivity index (χ1v) is 9.99. The van der Waals surface area contributed by atoms with Gasteiger partial charge >= 0.3 is 0 Å². The lowest BCUT2D eigenvalue weighted by atomic mass is 9.99. The number of hydrogen-bond acceptors (Lipinski definition) is 4. The first-order chi connectivity index (χ1) is 12.7. The van der Waals surface area contributed by atoms with Crippen LogP contribution in [-0.4, -0.2) is 22.6 Å². The van der Waals surface area contributed by atoms with Crippen LogP contribution < -0.4 is 11.1 Å². The lowest BCUT2D eigenvalue weighted by Crippen LogP contribution is -2.31. The highest BCUT2D eigenvalue weighted by Crippen LogP contribution is 2.18. The summed E-state index contributed by atoms with van der Waals surface area (Å²) in [6, 6.07) is 11.0. The highest BCUT2D eigenvalue weighted by Gasteiger charge is 2.11. The second kappa shape index (κ2) is 11.0. The zero-order valence-electron chi connectivity index (χ0n) is 16.5. The van der Waals surface area contributed by atoms with Crippen LogP contribution in [0.1, 0.15) is 68.6 Å². The Morgan fingerprint density at radius 3 is 2.54 bits per heavy atom. The van der Waals surface area contributed by atoms with Gasteiger partial charge in [0.25, 0.3) is 0 Å². The molecule has 0 aliphatic carbocycles. The molecular formula is C22H34N4. The summed E-state index contributed by atoms with van der Waals surface area (Å²) in [5.41, 5.74) is 10.3. The van der Waals surface area contributed by atoms with Crippen molar-refractivity contribution in [2.24, 2.45) is 5.73 Å². The molecule has 0 aliphatic rings. The van der Waals surface area contributed by atoms with E-state index < -0.39 is 0 Å². The summed E-state index contributed by atoms with van der Waals surface area (Å²) in [5.74, 6) is 0.577. The Labute approximate surface area is 158 Å². The zero-order valence-corrected chi connectivity index (χ0v) is 16.5. The van der Waals surface area contributed by atoms with Gasteiger partial charge in [-0.1, -0.05) is 39.3 Å². The monoisotopic (exact) mass is 354 g/mol. The average Bonchev–Trinajstić information content (AvgIpc) is 2.67. The van der Waals surface area contributed by atoms with Crippen LogP contribution in [0.5, 0.6) is 0 Å². The third-order valence-corrected chi connectivity index (χ3v) is 4.96. The van der Waals surface area contributed by atoms with Crippen molar-refractivity contribution in [1.82, 2.24) is 15.3 Å². The highest BCUT2D eigenvalue weighted by molar-refractivity contribution is 5.18. The maximum Gasteiger partial charge on any atom is 0.0545 e. The summed E-state index contributed by atoms with van der Waals surface area (Å²) in [7, 11) is 0. The molecule has 0 bridgehead atoms. The van der Waals surface area contributed by atoms with E-state index in [1.165, 1.54) is 5.56 Å². The number of rotatable bonds is 11. The van der Waals surface area contributed by atoms with E-state index in [4.69, 9.17) is 10.7 Å². The van der Waals surface area contributed by atoms with E-state index in [1.54, 1.807) is 0 Å². The topological polar surface area (TPSA) is 63.8 Å². The van der Waals surface area contributed by atoms with Crippen LogP contribution in [-0.2, 0) is 19.4 Å². The fourth-order valence-corrected chi connectivity index (χ4v) is 3.12. The highest BCUT2D eigenvalue weighted by atomic mass is 14.9. The van der Waals surface area contributed by atoms with Crippen LogP contribution in [0.2, 0.25) is 0 Å². The van der Waals surface area contributed by atoms with Crippen LogP contribution in [0, 0.1) is 0 Å². The lowest BCUT2D eigenvalue weighted by Gasteiger charge is -2.18. The summed E-state index contributed by atoms with van der Waals surface area (Å²) in [4.78, 5) is 9.38. The predicted molar refractivity (Wildman–Crippen MR) is 109 cm³/mol. The zero-order chi connectivity index (χ0) is 18.8. The number of pyridine rings is 2. The third-order valence-electron chi connectivity index (χ3n) is 4.96. The SMILES string of the molecule is CCCC(Cc1ccc(C(C)CC)cn1)NCc1cccc(CCN)n1. The Balaban J connectivity index is 1.94. The summed E-state index contributed by atoms with van der Waals surface area (Å²) in [6.07, 6.45) is 7.28. The first-order valence-electron chi connectivity index (χ1n) is 9.99. The normalized spacial score (nSPS) is 13.5. The largest absolute Gasteiger partial charge is 0.330 e. The molecule has 2 unspecified atom stereocenters. The smallest absolute Gasteiger partial charge is 0.0545 e. The van der Waals surface area contributed by atoms with Gasteiger partial charge in [0.2, 0.25) is 0 Å². The van der Waals surface area contributed by atoms with Gasteiger partial charge < -0.3 is 11.1 Å². The number of aromatic nitrogens is 2. The molecule has 3 N–H and O–H groups in total. The van der Waals surface area contributed by atoms with E-state index in [0.29, 0.717) is 18.5 Å². The molecule has 0 saturated heterocycles. The van der Waals surface area contributed by atoms with Crippen molar-refractivity contribution in [1.29, 1.82) is 0 Å². The van der Waals surface area contributed by atoms with Gasteiger partial charge in [-0.25, -0.2) is 0 Å². The summed E-state index contributed by atoms with van der Waals surface area (Å²) < 4.78 is 0. The molecule has 142 valence electrons. The molecule has 2 rings (SSSR count). The molecule has 2 heterocycles. The minimum absolute atomic E-state index is 0.418. The van der Waals surface area contributed by atoms with Gasteiger partial charge in [-0.3, -0.25) is 9.97 Å². The standard InChI is InChI=1S/C22H34N4/c1-4-7-20(14-21-11-10-18(15-24-21)17(3)5-2)25-16-22-9-6-8-19(26-22)12-13-23/h6,8-11,15,17,20,25H,4-5,7,12-14,16,23H2,1-3H3. The van der Waals surface area contributed by atoms with Crippen molar-refractivity contribution in [3.05, 3.63) is 59.2 Å². The van der Waals surface area contributed by atoms with E-state index in [-0.39, 0.29) is 0 Å². The minimum Gasteiger partial charge on any atom is -0.330 e. The molecule has 2 aromatic heterocycles. The van der Waals surface area contributed by atoms with Crippen molar-refractivity contribution in [3.8, 4) is 0 Å². The predicted octanol–water partition coefficient (Wildman–Crippen LogP) is 3.99. The van der Waals surface area contributed by atoms with Crippen molar-refractivity contribution < 1.29 is 0 Å². The molecule has 2 aromatic rings. The van der Waals surface area contributed by atoms with Crippen molar-refractivity contribution in [2.75, 3.05) is 6.54 Å². The van der Waals surface area contributed by atoms with E-state index in [0.717, 1.165) is 55.7 Å². The Hall–Kier alpha value is -1.78. The molecule has 26 heavy (non-hydrogen) atoms. The fourth-order valence-electron chi connectivity index (χ4n) is 3.12. The number of nitrogens with one attached hydrogen (secondary N) is 1. The van der Waals surface area contributed by atoms with Gasteiger partial charge in [0.05, 0.1) is 5.69 Å².